The number of nitrogens with zero attached hydrogens (tertiary/aromatic N) is 1. The number of hydrogen-bond acceptors (Lipinski definition) is 1. The minimum absolute atomic E-state index is 1.11. The summed E-state index contributed by atoms with van der Waals surface area (Å²) in [5.74, 6) is 0. The topological polar surface area (TPSA) is 3.24 Å². The summed E-state index contributed by atoms with van der Waals surface area (Å²) in [5, 5.41) is 12.7. The van der Waals surface area contributed by atoms with Crippen LogP contribution in [-0.2, 0) is 0 Å². The molecule has 1 heteroatoms. The maximum absolute atomic E-state index is 2.38. The van der Waals surface area contributed by atoms with Gasteiger partial charge in [-0.2, -0.15) is 0 Å². The lowest BCUT2D eigenvalue weighted by molar-refractivity contribution is 1.29. The summed E-state index contributed by atoms with van der Waals surface area (Å²) in [7, 11) is 0. The fourth-order valence-electron chi connectivity index (χ4n) is 7.95. The molecule has 0 aliphatic rings. The molecular formula is C50H33N. The minimum atomic E-state index is 1.11. The molecule has 10 aromatic carbocycles. The molecule has 10 rings (SSSR count). The molecule has 1 nitrogen and oxygen atoms in total. The lowest BCUT2D eigenvalue weighted by Gasteiger charge is -2.27. The molecule has 0 heterocycles. The van der Waals surface area contributed by atoms with E-state index in [2.05, 4.69) is 205 Å². The quantitative estimate of drug-likeness (QED) is 0.168. The number of fused-ring (bicyclic) bond motifs is 8. The molecule has 0 aliphatic heterocycles. The monoisotopic (exact) mass is 647 g/mol. The van der Waals surface area contributed by atoms with Gasteiger partial charge in [0, 0.05) is 17.1 Å². The largest absolute Gasteiger partial charge is 0.310 e. The zero-order chi connectivity index (χ0) is 33.7. The van der Waals surface area contributed by atoms with Gasteiger partial charge >= 0.3 is 0 Å². The van der Waals surface area contributed by atoms with Crippen molar-refractivity contribution in [2.75, 3.05) is 4.90 Å². The van der Waals surface area contributed by atoms with Crippen LogP contribution in [0.15, 0.2) is 200 Å². The normalized spacial score (nSPS) is 11.5. The van der Waals surface area contributed by atoms with Crippen LogP contribution >= 0.6 is 0 Å². The standard InChI is InChI=1S/C50H33N/c1-2-11-34(12-3-1)38-15-10-16-42(31-38)51(43-29-30-45-39(32-43)23-21-35-13-4-6-17-44(35)45)41-27-25-37(26-28-41)49-33-40-24-22-36-14-5-7-18-46(36)50(40)48-20-9-8-19-47(48)49/h1-33H. The molecule has 0 aliphatic carbocycles. The van der Waals surface area contributed by atoms with Crippen LogP contribution in [0, 0.1) is 0 Å². The molecule has 0 fully saturated rings. The molecule has 0 unspecified atom stereocenters. The van der Waals surface area contributed by atoms with Crippen LogP contribution in [0.5, 0.6) is 0 Å². The van der Waals surface area contributed by atoms with Crippen LogP contribution in [0.4, 0.5) is 17.1 Å². The predicted octanol–water partition coefficient (Wildman–Crippen LogP) is 14.3. The Kier molecular flexibility index (Phi) is 6.89. The lowest BCUT2D eigenvalue weighted by atomic mass is 9.90. The summed E-state index contributed by atoms with van der Waals surface area (Å²) >= 11 is 0. The maximum Gasteiger partial charge on any atom is 0.0468 e. The first kappa shape index (κ1) is 29.2. The van der Waals surface area contributed by atoms with Crippen molar-refractivity contribution in [3.05, 3.63) is 200 Å². The Morgan fingerprint density at radius 3 is 1.63 bits per heavy atom. The first-order valence-electron chi connectivity index (χ1n) is 17.6. The van der Waals surface area contributed by atoms with E-state index in [1.54, 1.807) is 0 Å². The Labute approximate surface area is 297 Å². The summed E-state index contributed by atoms with van der Waals surface area (Å²) in [6.07, 6.45) is 0. The Balaban J connectivity index is 1.13. The predicted molar refractivity (Wildman–Crippen MR) is 220 cm³/mol. The number of hydrogen-bond donors (Lipinski definition) is 0. The second kappa shape index (κ2) is 12.0. The Hall–Kier alpha value is -6.70. The van der Waals surface area contributed by atoms with Gasteiger partial charge in [0.2, 0.25) is 0 Å². The molecule has 51 heavy (non-hydrogen) atoms. The van der Waals surface area contributed by atoms with E-state index in [-0.39, 0.29) is 0 Å². The molecule has 0 N–H and O–H groups in total. The van der Waals surface area contributed by atoms with Crippen molar-refractivity contribution in [1.29, 1.82) is 0 Å². The second-order valence-electron chi connectivity index (χ2n) is 13.3. The van der Waals surface area contributed by atoms with Crippen molar-refractivity contribution < 1.29 is 0 Å². The van der Waals surface area contributed by atoms with Gasteiger partial charge < -0.3 is 4.90 Å². The van der Waals surface area contributed by atoms with Gasteiger partial charge in [0.05, 0.1) is 0 Å². The summed E-state index contributed by atoms with van der Waals surface area (Å²) in [5.41, 5.74) is 8.20. The fraction of sp³-hybridized carbons (Fsp3) is 0. The van der Waals surface area contributed by atoms with Crippen molar-refractivity contribution in [3.63, 3.8) is 0 Å². The van der Waals surface area contributed by atoms with E-state index < -0.39 is 0 Å². The van der Waals surface area contributed by atoms with E-state index in [4.69, 9.17) is 0 Å². The molecule has 0 radical (unpaired) electrons. The average Bonchev–Trinajstić information content (AvgIpc) is 3.21. The van der Waals surface area contributed by atoms with Crippen molar-refractivity contribution in [2.45, 2.75) is 0 Å². The van der Waals surface area contributed by atoms with E-state index in [0.717, 1.165) is 17.1 Å². The highest BCUT2D eigenvalue weighted by Crippen LogP contribution is 2.42. The van der Waals surface area contributed by atoms with E-state index >= 15 is 0 Å². The van der Waals surface area contributed by atoms with Crippen LogP contribution in [0.25, 0.3) is 76.1 Å². The smallest absolute Gasteiger partial charge is 0.0468 e. The highest BCUT2D eigenvalue weighted by Gasteiger charge is 2.16. The molecular weight excluding hydrogens is 615 g/mol. The zero-order valence-electron chi connectivity index (χ0n) is 28.0. The van der Waals surface area contributed by atoms with E-state index in [0.29, 0.717) is 0 Å². The first-order chi connectivity index (χ1) is 25.3. The van der Waals surface area contributed by atoms with Crippen LogP contribution in [0.3, 0.4) is 0 Å². The van der Waals surface area contributed by atoms with Gasteiger partial charge in [0.15, 0.2) is 0 Å². The van der Waals surface area contributed by atoms with Gasteiger partial charge in [-0.15, -0.1) is 0 Å². The first-order valence-corrected chi connectivity index (χ1v) is 17.6. The van der Waals surface area contributed by atoms with Crippen LogP contribution in [-0.4, -0.2) is 0 Å². The molecule has 0 bridgehead atoms. The Morgan fingerprint density at radius 1 is 0.255 bits per heavy atom. The van der Waals surface area contributed by atoms with Crippen LogP contribution in [0.1, 0.15) is 0 Å². The Bertz CT molecular complexity index is 2900. The Morgan fingerprint density at radius 2 is 0.824 bits per heavy atom. The van der Waals surface area contributed by atoms with Crippen LogP contribution in [0.2, 0.25) is 0 Å². The lowest BCUT2D eigenvalue weighted by Crippen LogP contribution is -2.10. The average molecular weight is 648 g/mol. The summed E-state index contributed by atoms with van der Waals surface area (Å²) in [6, 6.07) is 73.0. The third-order valence-electron chi connectivity index (χ3n) is 10.4. The number of benzene rings is 10. The SMILES string of the molecule is c1ccc(-c2cccc(N(c3ccc(-c4cc5ccc6ccccc6c5c5ccccc45)cc3)c3ccc4c(ccc5ccccc54)c3)c2)cc1. The summed E-state index contributed by atoms with van der Waals surface area (Å²) < 4.78 is 0. The highest BCUT2D eigenvalue weighted by atomic mass is 15.1. The second-order valence-corrected chi connectivity index (χ2v) is 13.3. The zero-order valence-corrected chi connectivity index (χ0v) is 28.0. The molecule has 10 aromatic rings. The minimum Gasteiger partial charge on any atom is -0.310 e. The molecule has 238 valence electrons. The molecule has 0 atom stereocenters. The van der Waals surface area contributed by atoms with Gasteiger partial charge in [-0.25, -0.2) is 0 Å². The van der Waals surface area contributed by atoms with Gasteiger partial charge in [-0.05, 0) is 119 Å². The molecule has 0 amide bonds. The van der Waals surface area contributed by atoms with Gasteiger partial charge in [0.1, 0.15) is 0 Å². The van der Waals surface area contributed by atoms with E-state index in [1.165, 1.54) is 76.1 Å². The highest BCUT2D eigenvalue weighted by molar-refractivity contribution is 6.23. The summed E-state index contributed by atoms with van der Waals surface area (Å²) in [6.45, 7) is 0. The van der Waals surface area contributed by atoms with Gasteiger partial charge in [-0.3, -0.25) is 0 Å². The van der Waals surface area contributed by atoms with Gasteiger partial charge in [0.25, 0.3) is 0 Å². The molecule has 0 saturated heterocycles. The van der Waals surface area contributed by atoms with Crippen molar-refractivity contribution in [1.82, 2.24) is 0 Å². The molecule has 0 aromatic heterocycles. The van der Waals surface area contributed by atoms with Crippen molar-refractivity contribution in [2.24, 2.45) is 0 Å². The van der Waals surface area contributed by atoms with Gasteiger partial charge in [-0.1, -0.05) is 158 Å². The fourth-order valence-corrected chi connectivity index (χ4v) is 7.95. The number of rotatable bonds is 5. The molecule has 0 saturated carbocycles. The molecule has 0 spiro atoms. The van der Waals surface area contributed by atoms with Crippen molar-refractivity contribution in [3.8, 4) is 22.3 Å². The summed E-state index contributed by atoms with van der Waals surface area (Å²) in [4.78, 5) is 2.38. The third-order valence-corrected chi connectivity index (χ3v) is 10.4. The van der Waals surface area contributed by atoms with Crippen molar-refractivity contribution >= 4 is 70.9 Å². The van der Waals surface area contributed by atoms with E-state index in [9.17, 15) is 0 Å². The third kappa shape index (κ3) is 5.02. The maximum atomic E-state index is 2.38. The number of anilines is 3. The van der Waals surface area contributed by atoms with E-state index in [1.807, 2.05) is 0 Å². The van der Waals surface area contributed by atoms with Crippen LogP contribution < -0.4 is 4.90 Å².